The van der Waals surface area contributed by atoms with Crippen LogP contribution >= 0.6 is 11.6 Å². The molecule has 2 aromatic rings. The Balaban J connectivity index is 1.50. The van der Waals surface area contributed by atoms with Crippen LogP contribution in [0.4, 0.5) is 5.69 Å². The third-order valence-electron chi connectivity index (χ3n) is 5.16. The van der Waals surface area contributed by atoms with Crippen LogP contribution in [0.25, 0.3) is 0 Å². The lowest BCUT2D eigenvalue weighted by Crippen LogP contribution is -2.57. The third-order valence-corrected chi connectivity index (χ3v) is 5.49. The van der Waals surface area contributed by atoms with Crippen LogP contribution in [-0.4, -0.2) is 66.3 Å². The molecule has 1 aromatic carbocycles. The Kier molecular flexibility index (Phi) is 7.70. The molecule has 2 heterocycles. The molecular weight excluding hydrogens is 420 g/mol. The molecule has 1 aromatic heterocycles. The fraction of sp³-hybridized carbons (Fsp3) is 0.409. The van der Waals surface area contributed by atoms with Crippen molar-refractivity contribution in [1.29, 1.82) is 0 Å². The Morgan fingerprint density at radius 1 is 1.06 bits per heavy atom. The van der Waals surface area contributed by atoms with Gasteiger partial charge in [0, 0.05) is 26.2 Å². The van der Waals surface area contributed by atoms with Crippen molar-refractivity contribution in [2.45, 2.75) is 19.9 Å². The van der Waals surface area contributed by atoms with Crippen LogP contribution in [0.5, 0.6) is 0 Å². The molecule has 166 valence electrons. The fourth-order valence-corrected chi connectivity index (χ4v) is 3.60. The summed E-state index contributed by atoms with van der Waals surface area (Å²) in [5.74, 6) is -0.598. The van der Waals surface area contributed by atoms with E-state index in [1.54, 1.807) is 35.2 Å². The topological polar surface area (TPSA) is 94.9 Å². The van der Waals surface area contributed by atoms with Gasteiger partial charge in [-0.2, -0.15) is 0 Å². The molecule has 3 rings (SSSR count). The number of halogens is 1. The van der Waals surface area contributed by atoms with E-state index in [0.717, 1.165) is 0 Å². The summed E-state index contributed by atoms with van der Waals surface area (Å²) in [5.41, 5.74) is 0.579. The normalized spacial score (nSPS) is 15.5. The lowest BCUT2D eigenvalue weighted by molar-refractivity contribution is -0.136. The number of benzene rings is 1. The number of rotatable bonds is 7. The first-order valence-corrected chi connectivity index (χ1v) is 10.6. The number of carbonyl (C=O) groups excluding carboxylic acids is 3. The second kappa shape index (κ2) is 10.5. The van der Waals surface area contributed by atoms with Gasteiger partial charge in [0.25, 0.3) is 5.91 Å². The molecule has 0 spiro atoms. The van der Waals surface area contributed by atoms with Crippen molar-refractivity contribution in [2.24, 2.45) is 5.92 Å². The number of furan rings is 1. The number of carbonyl (C=O) groups is 3. The van der Waals surface area contributed by atoms with E-state index in [9.17, 15) is 14.4 Å². The van der Waals surface area contributed by atoms with E-state index < -0.39 is 11.9 Å². The fourth-order valence-electron chi connectivity index (χ4n) is 3.41. The highest BCUT2D eigenvalue weighted by molar-refractivity contribution is 6.33. The van der Waals surface area contributed by atoms with E-state index >= 15 is 0 Å². The monoisotopic (exact) mass is 446 g/mol. The maximum absolute atomic E-state index is 13.0. The lowest BCUT2D eigenvalue weighted by Gasteiger charge is -2.37. The van der Waals surface area contributed by atoms with Crippen LogP contribution in [0.2, 0.25) is 5.02 Å². The van der Waals surface area contributed by atoms with E-state index in [1.165, 1.54) is 6.26 Å². The minimum Gasteiger partial charge on any atom is -0.459 e. The van der Waals surface area contributed by atoms with Gasteiger partial charge in [-0.3, -0.25) is 19.3 Å². The van der Waals surface area contributed by atoms with Crippen LogP contribution in [0.1, 0.15) is 24.4 Å². The standard InChI is InChI=1S/C22H27ClN4O4/c1-15(2)20(25-21(29)18-8-5-13-31-18)22(30)27-11-9-26(10-12-27)14-19(28)24-17-7-4-3-6-16(17)23/h3-8,13,15,20H,9-12,14H2,1-2H3,(H,24,28)(H,25,29)/t20-/m1/s1. The Morgan fingerprint density at radius 2 is 1.77 bits per heavy atom. The van der Waals surface area contributed by atoms with Gasteiger partial charge in [-0.25, -0.2) is 0 Å². The van der Waals surface area contributed by atoms with Crippen molar-refractivity contribution < 1.29 is 18.8 Å². The SMILES string of the molecule is CC(C)[C@@H](NC(=O)c1ccco1)C(=O)N1CCN(CC(=O)Nc2ccccc2Cl)CC1. The average Bonchev–Trinajstić information content (AvgIpc) is 3.28. The summed E-state index contributed by atoms with van der Waals surface area (Å²) < 4.78 is 5.11. The smallest absolute Gasteiger partial charge is 0.287 e. The molecule has 0 radical (unpaired) electrons. The number of nitrogens with one attached hydrogen (secondary N) is 2. The van der Waals surface area contributed by atoms with Gasteiger partial charge in [0.15, 0.2) is 5.76 Å². The first kappa shape index (κ1) is 22.8. The summed E-state index contributed by atoms with van der Waals surface area (Å²) in [7, 11) is 0. The van der Waals surface area contributed by atoms with E-state index in [4.69, 9.17) is 16.0 Å². The van der Waals surface area contributed by atoms with Gasteiger partial charge in [-0.15, -0.1) is 0 Å². The summed E-state index contributed by atoms with van der Waals surface area (Å²) in [6.45, 7) is 6.10. The largest absolute Gasteiger partial charge is 0.459 e. The number of amides is 3. The van der Waals surface area contributed by atoms with Gasteiger partial charge in [0.2, 0.25) is 11.8 Å². The zero-order chi connectivity index (χ0) is 22.4. The quantitative estimate of drug-likeness (QED) is 0.681. The number of nitrogens with zero attached hydrogens (tertiary/aromatic N) is 2. The molecule has 1 aliphatic rings. The zero-order valence-corrected chi connectivity index (χ0v) is 18.4. The molecule has 8 nitrogen and oxygen atoms in total. The van der Waals surface area contributed by atoms with E-state index in [2.05, 4.69) is 10.6 Å². The van der Waals surface area contributed by atoms with Crippen LogP contribution < -0.4 is 10.6 Å². The zero-order valence-electron chi connectivity index (χ0n) is 17.6. The summed E-state index contributed by atoms with van der Waals surface area (Å²) in [6, 6.07) is 9.62. The van der Waals surface area contributed by atoms with Crippen molar-refractivity contribution in [2.75, 3.05) is 38.0 Å². The molecule has 9 heteroatoms. The van der Waals surface area contributed by atoms with Gasteiger partial charge in [0.05, 0.1) is 23.5 Å². The molecule has 1 fully saturated rings. The molecule has 2 N–H and O–H groups in total. The maximum atomic E-state index is 13.0. The number of para-hydroxylation sites is 1. The first-order valence-electron chi connectivity index (χ1n) is 10.2. The van der Waals surface area contributed by atoms with E-state index in [1.807, 2.05) is 24.8 Å². The van der Waals surface area contributed by atoms with E-state index in [-0.39, 0.29) is 30.0 Å². The lowest BCUT2D eigenvalue weighted by atomic mass is 10.0. The molecule has 0 unspecified atom stereocenters. The van der Waals surface area contributed by atoms with Gasteiger partial charge < -0.3 is 20.0 Å². The molecule has 0 bridgehead atoms. The maximum Gasteiger partial charge on any atom is 0.287 e. The summed E-state index contributed by atoms with van der Waals surface area (Å²) in [5, 5.41) is 6.08. The van der Waals surface area contributed by atoms with Crippen molar-refractivity contribution in [3.8, 4) is 0 Å². The first-order chi connectivity index (χ1) is 14.8. The molecule has 1 saturated heterocycles. The molecule has 3 amide bonds. The highest BCUT2D eigenvalue weighted by Crippen LogP contribution is 2.20. The Morgan fingerprint density at radius 3 is 2.39 bits per heavy atom. The van der Waals surface area contributed by atoms with Crippen LogP contribution in [-0.2, 0) is 9.59 Å². The van der Waals surface area contributed by atoms with Crippen molar-refractivity contribution >= 4 is 35.0 Å². The summed E-state index contributed by atoms with van der Waals surface area (Å²) >= 11 is 6.08. The van der Waals surface area contributed by atoms with Crippen LogP contribution in [0.15, 0.2) is 47.1 Å². The molecule has 0 saturated carbocycles. The third kappa shape index (κ3) is 6.08. The second-order valence-electron chi connectivity index (χ2n) is 7.80. The van der Waals surface area contributed by atoms with Crippen LogP contribution in [0.3, 0.4) is 0 Å². The predicted molar refractivity (Wildman–Crippen MR) is 118 cm³/mol. The number of hydrogen-bond acceptors (Lipinski definition) is 5. The molecule has 0 aliphatic carbocycles. The van der Waals surface area contributed by atoms with Crippen molar-refractivity contribution in [3.05, 3.63) is 53.4 Å². The average molecular weight is 447 g/mol. The van der Waals surface area contributed by atoms with Crippen LogP contribution in [0, 0.1) is 5.92 Å². The number of piperazine rings is 1. The Bertz CT molecular complexity index is 908. The Labute approximate surface area is 186 Å². The van der Waals surface area contributed by atoms with Gasteiger partial charge >= 0.3 is 0 Å². The van der Waals surface area contributed by atoms with E-state index in [0.29, 0.717) is 36.9 Å². The number of anilines is 1. The minimum atomic E-state index is -0.646. The van der Waals surface area contributed by atoms with Crippen molar-refractivity contribution in [3.63, 3.8) is 0 Å². The molecule has 1 aliphatic heterocycles. The van der Waals surface area contributed by atoms with Crippen molar-refractivity contribution in [1.82, 2.24) is 15.1 Å². The molecular formula is C22H27ClN4O4. The highest BCUT2D eigenvalue weighted by Gasteiger charge is 2.31. The molecule has 31 heavy (non-hydrogen) atoms. The van der Waals surface area contributed by atoms with Gasteiger partial charge in [-0.05, 0) is 30.2 Å². The predicted octanol–water partition coefficient (Wildman–Crippen LogP) is 2.47. The second-order valence-corrected chi connectivity index (χ2v) is 8.21. The molecule has 1 atom stereocenters. The summed E-state index contributed by atoms with van der Waals surface area (Å²) in [4.78, 5) is 41.4. The Hall–Kier alpha value is -2.84. The van der Waals surface area contributed by atoms with Gasteiger partial charge in [-0.1, -0.05) is 37.6 Å². The number of hydrogen-bond donors (Lipinski definition) is 2. The summed E-state index contributed by atoms with van der Waals surface area (Å²) in [6.07, 6.45) is 1.42. The highest BCUT2D eigenvalue weighted by atomic mass is 35.5. The minimum absolute atomic E-state index is 0.0779. The van der Waals surface area contributed by atoms with Gasteiger partial charge in [0.1, 0.15) is 6.04 Å².